The van der Waals surface area contributed by atoms with E-state index in [2.05, 4.69) is 6.92 Å². The number of sulfonamides is 1. The average Bonchev–Trinajstić information content (AvgIpc) is 2.73. The Balaban J connectivity index is 1.96. The Bertz CT molecular complexity index is 947. The third kappa shape index (κ3) is 4.03. The van der Waals surface area contributed by atoms with Crippen molar-refractivity contribution in [2.45, 2.75) is 43.5 Å². The summed E-state index contributed by atoms with van der Waals surface area (Å²) in [4.78, 5) is 15.0. The van der Waals surface area contributed by atoms with E-state index >= 15 is 0 Å². The fraction of sp³-hybridized carbons (Fsp3) is 0.381. The van der Waals surface area contributed by atoms with E-state index in [-0.39, 0.29) is 27.4 Å². The van der Waals surface area contributed by atoms with Gasteiger partial charge in [0.2, 0.25) is 0 Å². The highest BCUT2D eigenvalue weighted by Crippen LogP contribution is 2.29. The number of benzene rings is 2. The molecule has 7 heteroatoms. The Hall–Kier alpha value is -2.05. The fourth-order valence-electron chi connectivity index (χ4n) is 3.61. The maximum absolute atomic E-state index is 13.1. The van der Waals surface area contributed by atoms with E-state index in [0.717, 1.165) is 25.7 Å². The minimum atomic E-state index is -3.81. The lowest BCUT2D eigenvalue weighted by Gasteiger charge is -2.35. The second-order valence-electron chi connectivity index (χ2n) is 7.01. The number of halogens is 1. The van der Waals surface area contributed by atoms with Gasteiger partial charge in [0.25, 0.3) is 15.9 Å². The van der Waals surface area contributed by atoms with Crippen molar-refractivity contribution in [2.24, 2.45) is 0 Å². The van der Waals surface area contributed by atoms with Crippen LogP contribution in [0.4, 0.5) is 5.69 Å². The van der Waals surface area contributed by atoms with Gasteiger partial charge in [-0.3, -0.25) is 9.10 Å². The van der Waals surface area contributed by atoms with E-state index in [1.54, 1.807) is 24.3 Å². The Morgan fingerprint density at radius 3 is 2.57 bits per heavy atom. The maximum atomic E-state index is 13.1. The third-order valence-corrected chi connectivity index (χ3v) is 7.42. The van der Waals surface area contributed by atoms with Gasteiger partial charge in [0.1, 0.15) is 0 Å². The number of hydrogen-bond acceptors (Lipinski definition) is 3. The molecule has 2 aromatic carbocycles. The summed E-state index contributed by atoms with van der Waals surface area (Å²) in [7, 11) is -2.31. The van der Waals surface area contributed by atoms with E-state index in [4.69, 9.17) is 11.6 Å². The monoisotopic (exact) mass is 420 g/mol. The van der Waals surface area contributed by atoms with Gasteiger partial charge in [0.15, 0.2) is 0 Å². The van der Waals surface area contributed by atoms with Gasteiger partial charge in [-0.15, -0.1) is 0 Å². The maximum Gasteiger partial charge on any atom is 0.264 e. The number of nitrogens with zero attached hydrogens (tertiary/aromatic N) is 2. The molecule has 0 aliphatic carbocycles. The van der Waals surface area contributed by atoms with Gasteiger partial charge in [-0.25, -0.2) is 8.42 Å². The zero-order valence-corrected chi connectivity index (χ0v) is 17.7. The Labute approximate surface area is 172 Å². The predicted octanol–water partition coefficient (Wildman–Crippen LogP) is 4.57. The summed E-state index contributed by atoms with van der Waals surface area (Å²) in [5, 5.41) is 0.270. The molecule has 1 atom stereocenters. The zero-order valence-electron chi connectivity index (χ0n) is 16.1. The van der Waals surface area contributed by atoms with Crippen molar-refractivity contribution in [2.75, 3.05) is 17.9 Å². The lowest BCUT2D eigenvalue weighted by Crippen LogP contribution is -2.43. The summed E-state index contributed by atoms with van der Waals surface area (Å²) in [5.41, 5.74) is 0.789. The molecule has 0 N–H and O–H groups in total. The van der Waals surface area contributed by atoms with Crippen LogP contribution in [0, 0.1) is 0 Å². The highest BCUT2D eigenvalue weighted by molar-refractivity contribution is 7.92. The number of anilines is 1. The molecule has 0 aromatic heterocycles. The van der Waals surface area contributed by atoms with Gasteiger partial charge in [0, 0.05) is 19.6 Å². The molecule has 1 aliphatic rings. The largest absolute Gasteiger partial charge is 0.336 e. The van der Waals surface area contributed by atoms with Crippen LogP contribution in [-0.2, 0) is 10.0 Å². The van der Waals surface area contributed by atoms with Gasteiger partial charge >= 0.3 is 0 Å². The molecular weight excluding hydrogens is 396 g/mol. The van der Waals surface area contributed by atoms with Gasteiger partial charge in [-0.05, 0) is 56.0 Å². The van der Waals surface area contributed by atoms with E-state index in [1.165, 1.54) is 29.6 Å². The molecule has 1 amide bonds. The first-order valence-corrected chi connectivity index (χ1v) is 11.3. The van der Waals surface area contributed by atoms with Crippen LogP contribution in [0.2, 0.25) is 5.02 Å². The molecule has 2 aromatic rings. The van der Waals surface area contributed by atoms with E-state index in [1.807, 2.05) is 11.0 Å². The highest BCUT2D eigenvalue weighted by Gasteiger charge is 2.29. The quantitative estimate of drug-likeness (QED) is 0.711. The van der Waals surface area contributed by atoms with Crippen molar-refractivity contribution in [3.8, 4) is 0 Å². The summed E-state index contributed by atoms with van der Waals surface area (Å²) in [6.07, 6.45) is 3.90. The normalized spacial score (nSPS) is 17.4. The lowest BCUT2D eigenvalue weighted by molar-refractivity contribution is 0.0608. The zero-order chi connectivity index (χ0) is 20.3. The lowest BCUT2D eigenvalue weighted by atomic mass is 9.99. The van der Waals surface area contributed by atoms with Crippen molar-refractivity contribution in [1.82, 2.24) is 4.90 Å². The van der Waals surface area contributed by atoms with E-state index in [0.29, 0.717) is 12.2 Å². The molecule has 1 aliphatic heterocycles. The Morgan fingerprint density at radius 1 is 1.18 bits per heavy atom. The molecule has 150 valence electrons. The summed E-state index contributed by atoms with van der Waals surface area (Å²) in [5.74, 6) is -0.198. The second kappa shape index (κ2) is 8.53. The fourth-order valence-corrected chi connectivity index (χ4v) is 5.03. The predicted molar refractivity (Wildman–Crippen MR) is 112 cm³/mol. The molecule has 3 rings (SSSR count). The number of carbonyl (C=O) groups excluding carboxylic acids is 1. The number of carbonyl (C=O) groups is 1. The summed E-state index contributed by atoms with van der Waals surface area (Å²) in [6, 6.07) is 13.3. The molecule has 1 saturated heterocycles. The van der Waals surface area contributed by atoms with Crippen LogP contribution in [0.15, 0.2) is 53.4 Å². The molecule has 0 spiro atoms. The number of hydrogen-bond donors (Lipinski definition) is 0. The molecule has 1 fully saturated rings. The standard InChI is InChI=1S/C21H25ClN2O3S/c1-3-16-9-7-8-14-24(16)21(25)19-15-18(12-13-20(19)22)28(26,27)23(2)17-10-5-4-6-11-17/h4-6,10-13,15-16H,3,7-9,14H2,1-2H3. The highest BCUT2D eigenvalue weighted by atomic mass is 35.5. The van der Waals surface area contributed by atoms with Crippen LogP contribution in [0.1, 0.15) is 43.0 Å². The SMILES string of the molecule is CCC1CCCCN1C(=O)c1cc(S(=O)(=O)N(C)c2ccccc2)ccc1Cl. The van der Waals surface area contributed by atoms with Crippen LogP contribution >= 0.6 is 11.6 Å². The number of likely N-dealkylation sites (tertiary alicyclic amines) is 1. The topological polar surface area (TPSA) is 57.7 Å². The minimum Gasteiger partial charge on any atom is -0.336 e. The van der Waals surface area contributed by atoms with Crippen LogP contribution in [0.25, 0.3) is 0 Å². The number of piperidine rings is 1. The molecular formula is C21H25ClN2O3S. The van der Waals surface area contributed by atoms with Crippen LogP contribution in [0.3, 0.4) is 0 Å². The van der Waals surface area contributed by atoms with Gasteiger partial charge in [-0.2, -0.15) is 0 Å². The van der Waals surface area contributed by atoms with Crippen LogP contribution in [-0.4, -0.2) is 38.9 Å². The van der Waals surface area contributed by atoms with Crippen LogP contribution < -0.4 is 4.31 Å². The Kier molecular flexibility index (Phi) is 6.30. The third-order valence-electron chi connectivity index (χ3n) is 5.31. The van der Waals surface area contributed by atoms with Gasteiger partial charge in [0.05, 0.1) is 21.2 Å². The average molecular weight is 421 g/mol. The number of para-hydroxylation sites is 1. The van der Waals surface area contributed by atoms with Crippen molar-refractivity contribution >= 4 is 33.2 Å². The summed E-state index contributed by atoms with van der Waals surface area (Å²) >= 11 is 6.29. The van der Waals surface area contributed by atoms with Crippen molar-refractivity contribution in [3.05, 3.63) is 59.1 Å². The molecule has 0 radical (unpaired) electrons. The van der Waals surface area contributed by atoms with E-state index < -0.39 is 10.0 Å². The van der Waals surface area contributed by atoms with E-state index in [9.17, 15) is 13.2 Å². The van der Waals surface area contributed by atoms with Crippen molar-refractivity contribution in [1.29, 1.82) is 0 Å². The summed E-state index contributed by atoms with van der Waals surface area (Å²) in [6.45, 7) is 2.74. The molecule has 5 nitrogen and oxygen atoms in total. The smallest absolute Gasteiger partial charge is 0.264 e. The number of amides is 1. The molecule has 0 saturated carbocycles. The summed E-state index contributed by atoms with van der Waals surface area (Å²) < 4.78 is 27.4. The van der Waals surface area contributed by atoms with Crippen molar-refractivity contribution < 1.29 is 13.2 Å². The molecule has 1 unspecified atom stereocenters. The van der Waals surface area contributed by atoms with Crippen LogP contribution in [0.5, 0.6) is 0 Å². The second-order valence-corrected chi connectivity index (χ2v) is 9.38. The Morgan fingerprint density at radius 2 is 1.89 bits per heavy atom. The molecule has 1 heterocycles. The first-order chi connectivity index (χ1) is 13.4. The molecule has 0 bridgehead atoms. The minimum absolute atomic E-state index is 0.0525. The first-order valence-electron chi connectivity index (χ1n) is 9.50. The van der Waals surface area contributed by atoms with Gasteiger partial charge in [-0.1, -0.05) is 36.7 Å². The van der Waals surface area contributed by atoms with Gasteiger partial charge < -0.3 is 4.90 Å². The van der Waals surface area contributed by atoms with Crippen molar-refractivity contribution in [3.63, 3.8) is 0 Å². The number of rotatable bonds is 5. The first kappa shape index (κ1) is 20.7. The molecule has 28 heavy (non-hydrogen) atoms.